The van der Waals surface area contributed by atoms with Gasteiger partial charge in [0.25, 0.3) is 5.56 Å². The van der Waals surface area contributed by atoms with Crippen molar-refractivity contribution in [1.82, 2.24) is 5.16 Å². The standard InChI is InChI=1S/C11H18N2O2/c1-7-10(15-13-11(7)14)9-4-2-8(6-12)3-5-9/h8-9H,2-6,12H2,1H3,(H,13,14). The summed E-state index contributed by atoms with van der Waals surface area (Å²) in [5, 5.41) is 2.40. The Kier molecular flexibility index (Phi) is 2.95. The number of hydrogen-bond donors (Lipinski definition) is 2. The molecule has 3 N–H and O–H groups in total. The van der Waals surface area contributed by atoms with Gasteiger partial charge in [0.1, 0.15) is 5.76 Å². The van der Waals surface area contributed by atoms with Gasteiger partial charge in [0, 0.05) is 5.92 Å². The summed E-state index contributed by atoms with van der Waals surface area (Å²) < 4.78 is 5.23. The normalized spacial score (nSPS) is 26.8. The van der Waals surface area contributed by atoms with Crippen molar-refractivity contribution in [3.8, 4) is 0 Å². The number of nitrogens with two attached hydrogens (primary N) is 1. The Morgan fingerprint density at radius 2 is 2.07 bits per heavy atom. The molecule has 1 heterocycles. The van der Waals surface area contributed by atoms with Gasteiger partial charge in [-0.2, -0.15) is 5.16 Å². The molecule has 1 fully saturated rings. The van der Waals surface area contributed by atoms with Crippen molar-refractivity contribution in [2.45, 2.75) is 38.5 Å². The maximum atomic E-state index is 11.2. The van der Waals surface area contributed by atoms with Crippen molar-refractivity contribution < 1.29 is 4.52 Å². The molecule has 1 aromatic rings. The maximum Gasteiger partial charge on any atom is 0.283 e. The van der Waals surface area contributed by atoms with Crippen LogP contribution in [0.5, 0.6) is 0 Å². The van der Waals surface area contributed by atoms with Gasteiger partial charge in [0.2, 0.25) is 0 Å². The second-order valence-corrected chi connectivity index (χ2v) is 4.48. The molecule has 0 saturated heterocycles. The SMILES string of the molecule is Cc1c(C2CCC(CN)CC2)o[nH]c1=O. The second-order valence-electron chi connectivity index (χ2n) is 4.48. The Balaban J connectivity index is 2.07. The zero-order valence-corrected chi connectivity index (χ0v) is 9.08. The van der Waals surface area contributed by atoms with Gasteiger partial charge in [0.05, 0.1) is 5.56 Å². The molecule has 0 spiro atoms. The summed E-state index contributed by atoms with van der Waals surface area (Å²) in [6.45, 7) is 2.61. The lowest BCUT2D eigenvalue weighted by atomic mass is 9.80. The van der Waals surface area contributed by atoms with E-state index < -0.39 is 0 Å². The van der Waals surface area contributed by atoms with Gasteiger partial charge in [-0.05, 0) is 45.1 Å². The molecule has 0 atom stereocenters. The van der Waals surface area contributed by atoms with E-state index >= 15 is 0 Å². The molecular formula is C11H18N2O2. The minimum atomic E-state index is -0.0917. The molecule has 1 aliphatic carbocycles. The van der Waals surface area contributed by atoms with Crippen LogP contribution in [-0.2, 0) is 0 Å². The minimum Gasteiger partial charge on any atom is -0.383 e. The number of H-pyrrole nitrogens is 1. The molecule has 0 aliphatic heterocycles. The number of nitrogens with one attached hydrogen (secondary N) is 1. The number of hydrogen-bond acceptors (Lipinski definition) is 3. The van der Waals surface area contributed by atoms with Crippen LogP contribution in [0.2, 0.25) is 0 Å². The third-order valence-electron chi connectivity index (χ3n) is 3.51. The van der Waals surface area contributed by atoms with E-state index in [4.69, 9.17) is 10.3 Å². The summed E-state index contributed by atoms with van der Waals surface area (Å²) in [7, 11) is 0. The Morgan fingerprint density at radius 3 is 2.53 bits per heavy atom. The minimum absolute atomic E-state index is 0.0917. The van der Waals surface area contributed by atoms with Crippen LogP contribution in [0.4, 0.5) is 0 Å². The molecule has 0 amide bonds. The largest absolute Gasteiger partial charge is 0.383 e. The summed E-state index contributed by atoms with van der Waals surface area (Å²) in [5.74, 6) is 1.93. The Bertz CT molecular complexity index is 372. The van der Waals surface area contributed by atoms with Crippen molar-refractivity contribution in [1.29, 1.82) is 0 Å². The van der Waals surface area contributed by atoms with Crippen LogP contribution in [0, 0.1) is 12.8 Å². The summed E-state index contributed by atoms with van der Waals surface area (Å²) in [5.41, 5.74) is 6.29. The lowest BCUT2D eigenvalue weighted by molar-refractivity contribution is 0.278. The summed E-state index contributed by atoms with van der Waals surface area (Å²) >= 11 is 0. The first-order valence-corrected chi connectivity index (χ1v) is 5.60. The molecular weight excluding hydrogens is 192 g/mol. The Hall–Kier alpha value is -1.03. The first-order chi connectivity index (χ1) is 7.22. The molecule has 84 valence electrons. The van der Waals surface area contributed by atoms with E-state index in [1.807, 2.05) is 6.92 Å². The predicted octanol–water partition coefficient (Wildman–Crippen LogP) is 1.51. The average molecular weight is 210 g/mol. The molecule has 1 aliphatic rings. The van der Waals surface area contributed by atoms with Crippen LogP contribution in [0.3, 0.4) is 0 Å². The molecule has 1 saturated carbocycles. The van der Waals surface area contributed by atoms with Crippen molar-refractivity contribution in [3.63, 3.8) is 0 Å². The van der Waals surface area contributed by atoms with Gasteiger partial charge in [-0.25, -0.2) is 0 Å². The lowest BCUT2D eigenvalue weighted by Crippen LogP contribution is -2.20. The third kappa shape index (κ3) is 2.00. The highest BCUT2D eigenvalue weighted by molar-refractivity contribution is 5.16. The van der Waals surface area contributed by atoms with Crippen LogP contribution in [-0.4, -0.2) is 11.7 Å². The van der Waals surface area contributed by atoms with Crippen molar-refractivity contribution in [2.75, 3.05) is 6.54 Å². The van der Waals surface area contributed by atoms with Crippen LogP contribution < -0.4 is 11.3 Å². The van der Waals surface area contributed by atoms with E-state index in [0.717, 1.165) is 43.6 Å². The molecule has 1 aromatic heterocycles. The van der Waals surface area contributed by atoms with E-state index in [1.165, 1.54) is 0 Å². The average Bonchev–Trinajstić information content (AvgIpc) is 2.60. The van der Waals surface area contributed by atoms with Crippen molar-refractivity contribution >= 4 is 0 Å². The molecule has 0 aromatic carbocycles. The van der Waals surface area contributed by atoms with E-state index in [2.05, 4.69) is 5.16 Å². The molecule has 4 heteroatoms. The topological polar surface area (TPSA) is 72.0 Å². The highest BCUT2D eigenvalue weighted by Gasteiger charge is 2.26. The first kappa shape index (κ1) is 10.5. The van der Waals surface area contributed by atoms with Crippen molar-refractivity contribution in [2.24, 2.45) is 11.7 Å². The van der Waals surface area contributed by atoms with Gasteiger partial charge in [-0.15, -0.1) is 0 Å². The van der Waals surface area contributed by atoms with Gasteiger partial charge in [-0.3, -0.25) is 4.79 Å². The smallest absolute Gasteiger partial charge is 0.283 e. The molecule has 0 bridgehead atoms. The second kappa shape index (κ2) is 4.23. The highest BCUT2D eigenvalue weighted by atomic mass is 16.5. The van der Waals surface area contributed by atoms with Crippen LogP contribution >= 0.6 is 0 Å². The molecule has 0 unspecified atom stereocenters. The quantitative estimate of drug-likeness (QED) is 0.777. The third-order valence-corrected chi connectivity index (χ3v) is 3.51. The van der Waals surface area contributed by atoms with E-state index in [9.17, 15) is 4.79 Å². The summed E-state index contributed by atoms with van der Waals surface area (Å²) in [6.07, 6.45) is 4.47. The number of rotatable bonds is 2. The van der Waals surface area contributed by atoms with Gasteiger partial charge >= 0.3 is 0 Å². The van der Waals surface area contributed by atoms with E-state index in [-0.39, 0.29) is 5.56 Å². The highest BCUT2D eigenvalue weighted by Crippen LogP contribution is 2.35. The number of aromatic amines is 1. The van der Waals surface area contributed by atoms with Crippen LogP contribution in [0.25, 0.3) is 0 Å². The van der Waals surface area contributed by atoms with E-state index in [0.29, 0.717) is 11.8 Å². The number of aromatic nitrogens is 1. The fourth-order valence-electron chi connectivity index (χ4n) is 2.42. The monoisotopic (exact) mass is 210 g/mol. The molecule has 2 rings (SSSR count). The maximum absolute atomic E-state index is 11.2. The summed E-state index contributed by atoms with van der Waals surface area (Å²) in [6, 6.07) is 0. The lowest BCUT2D eigenvalue weighted by Gasteiger charge is -2.26. The predicted molar refractivity (Wildman–Crippen MR) is 57.8 cm³/mol. The summed E-state index contributed by atoms with van der Waals surface area (Å²) in [4.78, 5) is 11.2. The first-order valence-electron chi connectivity index (χ1n) is 5.60. The van der Waals surface area contributed by atoms with Crippen LogP contribution in [0.15, 0.2) is 9.32 Å². The zero-order chi connectivity index (χ0) is 10.8. The van der Waals surface area contributed by atoms with Crippen molar-refractivity contribution in [3.05, 3.63) is 21.7 Å². The molecule has 4 nitrogen and oxygen atoms in total. The van der Waals surface area contributed by atoms with Crippen LogP contribution in [0.1, 0.15) is 42.9 Å². The van der Waals surface area contributed by atoms with Gasteiger partial charge in [-0.1, -0.05) is 0 Å². The fourth-order valence-corrected chi connectivity index (χ4v) is 2.42. The zero-order valence-electron chi connectivity index (χ0n) is 9.08. The Morgan fingerprint density at radius 1 is 1.40 bits per heavy atom. The van der Waals surface area contributed by atoms with Gasteiger partial charge in [0.15, 0.2) is 0 Å². The molecule has 0 radical (unpaired) electrons. The van der Waals surface area contributed by atoms with Gasteiger partial charge < -0.3 is 10.3 Å². The van der Waals surface area contributed by atoms with E-state index in [1.54, 1.807) is 0 Å². The fraction of sp³-hybridized carbons (Fsp3) is 0.727. The Labute approximate surface area is 88.8 Å². The molecule has 15 heavy (non-hydrogen) atoms.